The Morgan fingerprint density at radius 2 is 1.46 bits per heavy atom. The average Bonchev–Trinajstić information content (AvgIpc) is 2.54. The van der Waals surface area contributed by atoms with Crippen LogP contribution in [0.5, 0.6) is 0 Å². The van der Waals surface area contributed by atoms with E-state index in [4.69, 9.17) is 0 Å². The molecule has 0 aromatic carbocycles. The van der Waals surface area contributed by atoms with E-state index in [9.17, 15) is 14.4 Å². The summed E-state index contributed by atoms with van der Waals surface area (Å²) in [5, 5.41) is 8.59. The molecule has 0 aliphatic heterocycles. The van der Waals surface area contributed by atoms with Gasteiger partial charge in [0.2, 0.25) is 17.7 Å². The van der Waals surface area contributed by atoms with Gasteiger partial charge in [0.15, 0.2) is 0 Å². The lowest BCUT2D eigenvalue weighted by molar-refractivity contribution is -0.149. The van der Waals surface area contributed by atoms with Crippen molar-refractivity contribution in [1.82, 2.24) is 16.0 Å². The number of hydrogen-bond donors (Lipinski definition) is 3. The zero-order chi connectivity index (χ0) is 20.7. The molecule has 0 unspecified atom stereocenters. The molecule has 28 heavy (non-hydrogen) atoms. The van der Waals surface area contributed by atoms with E-state index in [1.54, 1.807) is 0 Å². The van der Waals surface area contributed by atoms with Crippen LogP contribution in [0, 0.1) is 29.1 Å². The van der Waals surface area contributed by atoms with E-state index in [2.05, 4.69) is 16.0 Å². The summed E-state index contributed by atoms with van der Waals surface area (Å²) in [6.45, 7) is 9.48. The SMILES string of the molecule is CC(C)[C@@H](NC(=O)C12CC3CC(CC(C3)C1)C2)C(=O)NCC(=O)NC(C)(C)C. The van der Waals surface area contributed by atoms with E-state index in [1.807, 2.05) is 34.6 Å². The van der Waals surface area contributed by atoms with Gasteiger partial charge in [-0.05, 0) is 83.0 Å². The van der Waals surface area contributed by atoms with Crippen LogP contribution in [0.1, 0.15) is 73.1 Å². The van der Waals surface area contributed by atoms with Gasteiger partial charge in [-0.2, -0.15) is 0 Å². The van der Waals surface area contributed by atoms with Crippen molar-refractivity contribution in [3.05, 3.63) is 0 Å². The van der Waals surface area contributed by atoms with Gasteiger partial charge in [-0.1, -0.05) is 13.8 Å². The van der Waals surface area contributed by atoms with Crippen molar-refractivity contribution < 1.29 is 14.4 Å². The van der Waals surface area contributed by atoms with Crippen LogP contribution in [0.15, 0.2) is 0 Å². The van der Waals surface area contributed by atoms with E-state index in [1.165, 1.54) is 19.3 Å². The second kappa shape index (κ2) is 7.68. The molecule has 0 heterocycles. The predicted octanol–water partition coefficient (Wildman–Crippen LogP) is 2.37. The lowest BCUT2D eigenvalue weighted by Crippen LogP contribution is -2.59. The van der Waals surface area contributed by atoms with Crippen molar-refractivity contribution in [2.45, 2.75) is 84.7 Å². The third-order valence-electron chi connectivity index (χ3n) is 6.69. The standard InChI is InChI=1S/C22H37N3O3/c1-13(2)18(19(27)23-12-17(26)25-21(3,4)5)24-20(28)22-9-14-6-15(10-22)8-16(7-14)11-22/h13-16,18H,6-12H2,1-5H3,(H,23,27)(H,24,28)(H,25,26)/t14?,15?,16?,18-,22?/m1/s1. The van der Waals surface area contributed by atoms with Gasteiger partial charge in [0.25, 0.3) is 0 Å². The summed E-state index contributed by atoms with van der Waals surface area (Å²) in [7, 11) is 0. The van der Waals surface area contributed by atoms with E-state index < -0.39 is 6.04 Å². The molecule has 4 fully saturated rings. The van der Waals surface area contributed by atoms with Crippen LogP contribution >= 0.6 is 0 Å². The Kier molecular flexibility index (Phi) is 5.79. The molecule has 3 N–H and O–H groups in total. The van der Waals surface area contributed by atoms with Gasteiger partial charge in [-0.25, -0.2) is 0 Å². The molecule has 4 saturated carbocycles. The molecule has 3 amide bonds. The Bertz CT molecular complexity index is 600. The number of amides is 3. The molecule has 4 aliphatic carbocycles. The van der Waals surface area contributed by atoms with Crippen LogP contribution in [0.4, 0.5) is 0 Å². The van der Waals surface area contributed by atoms with Crippen molar-refractivity contribution in [2.24, 2.45) is 29.1 Å². The molecule has 1 atom stereocenters. The van der Waals surface area contributed by atoms with E-state index in [0.717, 1.165) is 19.3 Å². The summed E-state index contributed by atoms with van der Waals surface area (Å²) in [6.07, 6.45) is 6.78. The minimum atomic E-state index is -0.608. The highest BCUT2D eigenvalue weighted by Crippen LogP contribution is 2.60. The highest BCUT2D eigenvalue weighted by Gasteiger charge is 2.55. The molecule has 0 saturated heterocycles. The Labute approximate surface area is 169 Å². The molecular weight excluding hydrogens is 354 g/mol. The summed E-state index contributed by atoms with van der Waals surface area (Å²) in [6, 6.07) is -0.608. The average molecular weight is 392 g/mol. The zero-order valence-electron chi connectivity index (χ0n) is 18.1. The Morgan fingerprint density at radius 1 is 0.964 bits per heavy atom. The summed E-state index contributed by atoms with van der Waals surface area (Å²) in [5.41, 5.74) is -0.613. The Balaban J connectivity index is 1.59. The fourth-order valence-corrected chi connectivity index (χ4v) is 5.96. The predicted molar refractivity (Wildman–Crippen MR) is 108 cm³/mol. The van der Waals surface area contributed by atoms with Gasteiger partial charge in [0.05, 0.1) is 6.54 Å². The van der Waals surface area contributed by atoms with Gasteiger partial charge < -0.3 is 16.0 Å². The number of carbonyl (C=O) groups excluding carboxylic acids is 3. The number of carbonyl (C=O) groups is 3. The summed E-state index contributed by atoms with van der Waals surface area (Å²) in [5.74, 6) is 1.56. The van der Waals surface area contributed by atoms with Crippen LogP contribution in [0.3, 0.4) is 0 Å². The number of hydrogen-bond acceptors (Lipinski definition) is 3. The summed E-state index contributed by atoms with van der Waals surface area (Å²) < 4.78 is 0. The second-order valence-corrected chi connectivity index (χ2v) is 10.9. The maximum Gasteiger partial charge on any atom is 0.243 e. The molecule has 4 bridgehead atoms. The minimum absolute atomic E-state index is 0.0384. The lowest BCUT2D eigenvalue weighted by Gasteiger charge is -2.55. The molecular formula is C22H37N3O3. The monoisotopic (exact) mass is 391 g/mol. The van der Waals surface area contributed by atoms with Gasteiger partial charge in [0, 0.05) is 11.0 Å². The molecule has 0 aromatic heterocycles. The smallest absolute Gasteiger partial charge is 0.243 e. The molecule has 0 radical (unpaired) electrons. The topological polar surface area (TPSA) is 87.3 Å². The maximum absolute atomic E-state index is 13.3. The van der Waals surface area contributed by atoms with Crippen molar-refractivity contribution >= 4 is 17.7 Å². The first-order valence-corrected chi connectivity index (χ1v) is 10.9. The van der Waals surface area contributed by atoms with Gasteiger partial charge in [-0.3, -0.25) is 14.4 Å². The van der Waals surface area contributed by atoms with Crippen LogP contribution in [-0.2, 0) is 14.4 Å². The Morgan fingerprint density at radius 3 is 1.89 bits per heavy atom. The molecule has 158 valence electrons. The quantitative estimate of drug-likeness (QED) is 0.650. The number of nitrogens with one attached hydrogen (secondary N) is 3. The first-order chi connectivity index (χ1) is 13.0. The van der Waals surface area contributed by atoms with Crippen LogP contribution in [-0.4, -0.2) is 35.8 Å². The molecule has 0 spiro atoms. The fourth-order valence-electron chi connectivity index (χ4n) is 5.96. The lowest BCUT2D eigenvalue weighted by atomic mass is 9.49. The van der Waals surface area contributed by atoms with Crippen LogP contribution in [0.2, 0.25) is 0 Å². The summed E-state index contributed by atoms with van der Waals surface area (Å²) >= 11 is 0. The highest BCUT2D eigenvalue weighted by molar-refractivity contribution is 5.92. The molecule has 4 aliphatic rings. The first-order valence-electron chi connectivity index (χ1n) is 10.9. The van der Waals surface area contributed by atoms with E-state index in [-0.39, 0.29) is 41.1 Å². The normalized spacial score (nSPS) is 32.1. The third kappa shape index (κ3) is 4.69. The largest absolute Gasteiger partial charge is 0.350 e. The van der Waals surface area contributed by atoms with Crippen molar-refractivity contribution in [3.63, 3.8) is 0 Å². The van der Waals surface area contributed by atoms with E-state index >= 15 is 0 Å². The van der Waals surface area contributed by atoms with Crippen molar-refractivity contribution in [1.29, 1.82) is 0 Å². The molecule has 0 aromatic rings. The highest BCUT2D eigenvalue weighted by atomic mass is 16.2. The first kappa shape index (κ1) is 21.1. The van der Waals surface area contributed by atoms with Gasteiger partial charge in [0.1, 0.15) is 6.04 Å². The fraction of sp³-hybridized carbons (Fsp3) is 0.864. The summed E-state index contributed by atoms with van der Waals surface area (Å²) in [4.78, 5) is 38.0. The van der Waals surface area contributed by atoms with Crippen molar-refractivity contribution in [2.75, 3.05) is 6.54 Å². The van der Waals surface area contributed by atoms with Gasteiger partial charge in [-0.15, -0.1) is 0 Å². The zero-order valence-corrected chi connectivity index (χ0v) is 18.1. The molecule has 6 nitrogen and oxygen atoms in total. The van der Waals surface area contributed by atoms with Crippen LogP contribution < -0.4 is 16.0 Å². The molecule has 6 heteroatoms. The van der Waals surface area contributed by atoms with Crippen molar-refractivity contribution in [3.8, 4) is 0 Å². The Hall–Kier alpha value is -1.59. The second-order valence-electron chi connectivity index (χ2n) is 10.9. The van der Waals surface area contributed by atoms with Gasteiger partial charge >= 0.3 is 0 Å². The molecule has 4 rings (SSSR count). The maximum atomic E-state index is 13.3. The van der Waals surface area contributed by atoms with E-state index in [0.29, 0.717) is 17.8 Å². The third-order valence-corrected chi connectivity index (χ3v) is 6.69. The van der Waals surface area contributed by atoms with Crippen LogP contribution in [0.25, 0.3) is 0 Å². The number of rotatable bonds is 6. The minimum Gasteiger partial charge on any atom is -0.350 e.